The van der Waals surface area contributed by atoms with Crippen LogP contribution in [0.5, 0.6) is 0 Å². The van der Waals surface area contributed by atoms with Crippen LogP contribution in [-0.2, 0) is 0 Å². The van der Waals surface area contributed by atoms with Crippen molar-refractivity contribution in [3.05, 3.63) is 0 Å². The lowest BCUT2D eigenvalue weighted by Gasteiger charge is -2.21. The smallest absolute Gasteiger partial charge is 0.0104 e. The third-order valence-corrected chi connectivity index (χ3v) is 1.34. The van der Waals surface area contributed by atoms with Crippen LogP contribution in [-0.4, -0.2) is 38.1 Å². The Hall–Kier alpha value is -0.0800. The molecule has 0 aliphatic carbocycles. The van der Waals surface area contributed by atoms with E-state index in [4.69, 9.17) is 0 Å². The zero-order chi connectivity index (χ0) is 5.11. The van der Waals surface area contributed by atoms with Crippen LogP contribution in [0.1, 0.15) is 7.43 Å². The van der Waals surface area contributed by atoms with Crippen LogP contribution < -0.4 is 5.32 Å². The number of likely N-dealkylation sites (N-methyl/N-ethyl adjacent to an activating group) is 1. The van der Waals surface area contributed by atoms with Crippen molar-refractivity contribution >= 4 is 0 Å². The summed E-state index contributed by atoms with van der Waals surface area (Å²) < 4.78 is 0. The first-order valence-corrected chi connectivity index (χ1v) is 2.79. The molecule has 50 valence electrons. The maximum absolute atomic E-state index is 3.27. The molecule has 0 spiro atoms. The van der Waals surface area contributed by atoms with E-state index in [0.29, 0.717) is 0 Å². The zero-order valence-corrected chi connectivity index (χ0v) is 4.78. The van der Waals surface area contributed by atoms with Crippen LogP contribution >= 0.6 is 0 Å². The van der Waals surface area contributed by atoms with Crippen LogP contribution in [0.25, 0.3) is 0 Å². The van der Waals surface area contributed by atoms with E-state index < -0.39 is 0 Å². The highest BCUT2D eigenvalue weighted by Crippen LogP contribution is 1.82. The highest BCUT2D eigenvalue weighted by molar-refractivity contribution is 4.62. The van der Waals surface area contributed by atoms with Crippen molar-refractivity contribution in [3.8, 4) is 0 Å². The molecule has 1 rings (SSSR count). The lowest BCUT2D eigenvalue weighted by molar-refractivity contribution is 0.291. The van der Waals surface area contributed by atoms with Gasteiger partial charge in [0.15, 0.2) is 0 Å². The second-order valence-electron chi connectivity index (χ2n) is 2.05. The summed E-state index contributed by atoms with van der Waals surface area (Å²) in [6, 6.07) is 0. The normalized spacial score (nSPS) is 22.1. The molecular formula is C6H16N2. The van der Waals surface area contributed by atoms with E-state index in [1.165, 1.54) is 13.1 Å². The Morgan fingerprint density at radius 1 is 1.25 bits per heavy atom. The SMILES string of the molecule is C.CN1CCNCC1. The molecule has 2 heteroatoms. The van der Waals surface area contributed by atoms with Crippen molar-refractivity contribution in [2.24, 2.45) is 0 Å². The molecule has 1 aliphatic rings. The first-order chi connectivity index (χ1) is 3.39. The van der Waals surface area contributed by atoms with Gasteiger partial charge >= 0.3 is 0 Å². The number of nitrogens with one attached hydrogen (secondary N) is 1. The number of piperazine rings is 1. The summed E-state index contributed by atoms with van der Waals surface area (Å²) in [5.74, 6) is 0. The van der Waals surface area contributed by atoms with Gasteiger partial charge in [-0.2, -0.15) is 0 Å². The Balaban J connectivity index is 0.000000490. The minimum Gasteiger partial charge on any atom is -0.314 e. The molecule has 0 bridgehead atoms. The average Bonchev–Trinajstić information content (AvgIpc) is 1.69. The first-order valence-electron chi connectivity index (χ1n) is 2.79. The molecule has 0 atom stereocenters. The van der Waals surface area contributed by atoms with Gasteiger partial charge in [-0.15, -0.1) is 0 Å². The highest BCUT2D eigenvalue weighted by Gasteiger charge is 2.01. The molecule has 0 unspecified atom stereocenters. The molecule has 1 heterocycles. The Morgan fingerprint density at radius 2 is 1.75 bits per heavy atom. The van der Waals surface area contributed by atoms with Gasteiger partial charge in [0.2, 0.25) is 0 Å². The summed E-state index contributed by atoms with van der Waals surface area (Å²) in [5, 5.41) is 3.27. The van der Waals surface area contributed by atoms with E-state index in [2.05, 4.69) is 17.3 Å². The number of rotatable bonds is 0. The third kappa shape index (κ3) is 2.28. The molecule has 1 N–H and O–H groups in total. The van der Waals surface area contributed by atoms with Crippen LogP contribution in [0, 0.1) is 0 Å². The van der Waals surface area contributed by atoms with E-state index in [9.17, 15) is 0 Å². The fourth-order valence-corrected chi connectivity index (χ4v) is 0.777. The standard InChI is InChI=1S/C5H12N2.CH4/c1-7-4-2-6-3-5-7;/h6H,2-5H2,1H3;1H4. The van der Waals surface area contributed by atoms with E-state index in [-0.39, 0.29) is 7.43 Å². The summed E-state index contributed by atoms with van der Waals surface area (Å²) in [6.45, 7) is 4.74. The molecule has 0 saturated carbocycles. The van der Waals surface area contributed by atoms with Gasteiger partial charge in [-0.3, -0.25) is 0 Å². The second kappa shape index (κ2) is 3.87. The van der Waals surface area contributed by atoms with Crippen molar-refractivity contribution in [1.82, 2.24) is 10.2 Å². The van der Waals surface area contributed by atoms with Gasteiger partial charge in [-0.05, 0) is 7.05 Å². The molecule has 1 aliphatic heterocycles. The van der Waals surface area contributed by atoms with Crippen LogP contribution in [0.4, 0.5) is 0 Å². The predicted octanol–water partition coefficient (Wildman–Crippen LogP) is 0.158. The number of hydrogen-bond donors (Lipinski definition) is 1. The molecule has 8 heavy (non-hydrogen) atoms. The summed E-state index contributed by atoms with van der Waals surface area (Å²) in [6.07, 6.45) is 0. The number of nitrogens with zero attached hydrogens (tertiary/aromatic N) is 1. The topological polar surface area (TPSA) is 15.3 Å². The lowest BCUT2D eigenvalue weighted by Crippen LogP contribution is -2.40. The Bertz CT molecular complexity index is 48.5. The van der Waals surface area contributed by atoms with Crippen molar-refractivity contribution in [2.75, 3.05) is 33.2 Å². The lowest BCUT2D eigenvalue weighted by atomic mass is 10.4. The molecular weight excluding hydrogens is 100 g/mol. The Labute approximate surface area is 51.9 Å². The average molecular weight is 116 g/mol. The molecule has 0 radical (unpaired) electrons. The number of hydrogen-bond acceptors (Lipinski definition) is 2. The Morgan fingerprint density at radius 3 is 2.00 bits per heavy atom. The van der Waals surface area contributed by atoms with Gasteiger partial charge in [0, 0.05) is 26.2 Å². The van der Waals surface area contributed by atoms with E-state index in [1.807, 2.05) is 0 Å². The summed E-state index contributed by atoms with van der Waals surface area (Å²) in [5.41, 5.74) is 0. The van der Waals surface area contributed by atoms with Crippen LogP contribution in [0.3, 0.4) is 0 Å². The van der Waals surface area contributed by atoms with Crippen molar-refractivity contribution in [3.63, 3.8) is 0 Å². The zero-order valence-electron chi connectivity index (χ0n) is 4.78. The molecule has 0 amide bonds. The predicted molar refractivity (Wildman–Crippen MR) is 37.1 cm³/mol. The molecule has 0 aromatic heterocycles. The van der Waals surface area contributed by atoms with Gasteiger partial charge in [-0.25, -0.2) is 0 Å². The fourth-order valence-electron chi connectivity index (χ4n) is 0.777. The van der Waals surface area contributed by atoms with E-state index in [1.54, 1.807) is 0 Å². The van der Waals surface area contributed by atoms with Crippen molar-refractivity contribution < 1.29 is 0 Å². The summed E-state index contributed by atoms with van der Waals surface area (Å²) >= 11 is 0. The maximum atomic E-state index is 3.27. The van der Waals surface area contributed by atoms with E-state index >= 15 is 0 Å². The Kier molecular flexibility index (Phi) is 3.83. The third-order valence-electron chi connectivity index (χ3n) is 1.34. The van der Waals surface area contributed by atoms with Crippen molar-refractivity contribution in [2.45, 2.75) is 7.43 Å². The molecule has 1 fully saturated rings. The quantitative estimate of drug-likeness (QED) is 0.485. The van der Waals surface area contributed by atoms with Gasteiger partial charge < -0.3 is 10.2 Å². The van der Waals surface area contributed by atoms with Gasteiger partial charge in [0.25, 0.3) is 0 Å². The minimum atomic E-state index is 0. The summed E-state index contributed by atoms with van der Waals surface area (Å²) in [4.78, 5) is 2.33. The minimum absolute atomic E-state index is 0. The maximum Gasteiger partial charge on any atom is 0.0104 e. The van der Waals surface area contributed by atoms with Gasteiger partial charge in [-0.1, -0.05) is 7.43 Å². The van der Waals surface area contributed by atoms with Gasteiger partial charge in [0.05, 0.1) is 0 Å². The second-order valence-corrected chi connectivity index (χ2v) is 2.05. The monoisotopic (exact) mass is 116 g/mol. The molecule has 1 saturated heterocycles. The first kappa shape index (κ1) is 7.92. The molecule has 0 aromatic carbocycles. The van der Waals surface area contributed by atoms with Crippen molar-refractivity contribution in [1.29, 1.82) is 0 Å². The fraction of sp³-hybridized carbons (Fsp3) is 1.00. The molecule has 0 aromatic rings. The van der Waals surface area contributed by atoms with E-state index in [0.717, 1.165) is 13.1 Å². The largest absolute Gasteiger partial charge is 0.314 e. The van der Waals surface area contributed by atoms with Crippen LogP contribution in [0.15, 0.2) is 0 Å². The highest BCUT2D eigenvalue weighted by atomic mass is 15.2. The molecule has 2 nitrogen and oxygen atoms in total. The van der Waals surface area contributed by atoms with Crippen LogP contribution in [0.2, 0.25) is 0 Å². The summed E-state index contributed by atoms with van der Waals surface area (Å²) in [7, 11) is 2.15. The van der Waals surface area contributed by atoms with Gasteiger partial charge in [0.1, 0.15) is 0 Å².